The van der Waals surface area contributed by atoms with Gasteiger partial charge in [-0.15, -0.1) is 24.0 Å². The Morgan fingerprint density at radius 3 is 2.32 bits per heavy atom. The van der Waals surface area contributed by atoms with Crippen LogP contribution >= 0.6 is 24.0 Å². The van der Waals surface area contributed by atoms with Gasteiger partial charge in [-0.2, -0.15) is 0 Å². The van der Waals surface area contributed by atoms with E-state index in [1.165, 1.54) is 0 Å². The first-order valence-corrected chi connectivity index (χ1v) is 10.8. The van der Waals surface area contributed by atoms with Gasteiger partial charge in [-0.05, 0) is 59.2 Å². The topological polar surface area (TPSA) is 72.0 Å². The molecule has 28 heavy (non-hydrogen) atoms. The van der Waals surface area contributed by atoms with Crippen molar-refractivity contribution in [1.82, 2.24) is 10.6 Å². The fraction of sp³-hybridized carbons (Fsp3) is 0.650. The number of ether oxygens (including phenoxy) is 2. The van der Waals surface area contributed by atoms with Crippen LogP contribution in [0.1, 0.15) is 53.1 Å². The van der Waals surface area contributed by atoms with Crippen molar-refractivity contribution in [1.29, 1.82) is 0 Å². The van der Waals surface area contributed by atoms with Crippen molar-refractivity contribution in [3.63, 3.8) is 0 Å². The first kappa shape index (κ1) is 27.0. The van der Waals surface area contributed by atoms with E-state index in [4.69, 9.17) is 9.47 Å². The van der Waals surface area contributed by atoms with Gasteiger partial charge in [0.25, 0.3) is 0 Å². The number of hydrogen-bond donors (Lipinski definition) is 2. The largest absolute Gasteiger partial charge is 0.490 e. The Morgan fingerprint density at radius 2 is 1.79 bits per heavy atom. The third-order valence-electron chi connectivity index (χ3n) is 3.91. The van der Waals surface area contributed by atoms with Gasteiger partial charge in [-0.25, -0.2) is 0 Å². The molecular formula is C20H36IN3O3S. The van der Waals surface area contributed by atoms with E-state index in [1.807, 2.05) is 52.8 Å². The third-order valence-corrected chi connectivity index (χ3v) is 5.85. The molecule has 6 nitrogen and oxygen atoms in total. The zero-order valence-corrected chi connectivity index (χ0v) is 21.3. The number of halogens is 1. The number of benzene rings is 1. The van der Waals surface area contributed by atoms with E-state index in [2.05, 4.69) is 22.5 Å². The van der Waals surface area contributed by atoms with E-state index in [-0.39, 0.29) is 34.8 Å². The molecule has 0 aliphatic carbocycles. The Kier molecular flexibility index (Phi) is 12.8. The zero-order valence-electron chi connectivity index (χ0n) is 18.1. The van der Waals surface area contributed by atoms with Crippen LogP contribution in [0.5, 0.6) is 11.5 Å². The van der Waals surface area contributed by atoms with Crippen molar-refractivity contribution in [2.24, 2.45) is 4.99 Å². The predicted molar refractivity (Wildman–Crippen MR) is 130 cm³/mol. The molecule has 1 rings (SSSR count). The minimum absolute atomic E-state index is 0. The van der Waals surface area contributed by atoms with Gasteiger partial charge in [0.15, 0.2) is 17.5 Å². The molecule has 1 aromatic carbocycles. The first-order chi connectivity index (χ1) is 12.7. The molecular weight excluding hydrogens is 489 g/mol. The summed E-state index contributed by atoms with van der Waals surface area (Å²) in [6.07, 6.45) is 0. The summed E-state index contributed by atoms with van der Waals surface area (Å²) >= 11 is 0. The molecule has 0 aliphatic rings. The maximum absolute atomic E-state index is 12.1. The summed E-state index contributed by atoms with van der Waals surface area (Å²) in [4.78, 5) is 4.26. The van der Waals surface area contributed by atoms with E-state index in [0.717, 1.165) is 17.1 Å². The van der Waals surface area contributed by atoms with Crippen molar-refractivity contribution in [3.8, 4) is 11.5 Å². The second-order valence-electron chi connectivity index (χ2n) is 7.10. The second kappa shape index (κ2) is 13.2. The number of guanidine groups is 1. The number of rotatable bonds is 9. The Hall–Kier alpha value is -1.03. The normalized spacial score (nSPS) is 13.9. The Morgan fingerprint density at radius 1 is 1.18 bits per heavy atom. The van der Waals surface area contributed by atoms with Crippen LogP contribution in [0.4, 0.5) is 0 Å². The Balaban J connectivity index is 0.00000729. The number of nitrogens with zero attached hydrogens (tertiary/aromatic N) is 1. The quantitative estimate of drug-likeness (QED) is 0.291. The SMILES string of the molecule is CCOc1ccc(C(C)NC(=NC)NCCS(=O)C(C)(C)C)cc1OCC.I. The molecule has 0 saturated carbocycles. The Labute approximate surface area is 189 Å². The van der Waals surface area contributed by atoms with Crippen LogP contribution in [-0.4, -0.2) is 47.5 Å². The molecule has 0 saturated heterocycles. The van der Waals surface area contributed by atoms with Gasteiger partial charge in [0.1, 0.15) is 0 Å². The molecule has 0 aliphatic heterocycles. The molecule has 0 amide bonds. The monoisotopic (exact) mass is 525 g/mol. The van der Waals surface area contributed by atoms with Gasteiger partial charge in [-0.3, -0.25) is 9.20 Å². The lowest BCUT2D eigenvalue weighted by Gasteiger charge is -2.21. The van der Waals surface area contributed by atoms with Crippen molar-refractivity contribution in [2.75, 3.05) is 32.6 Å². The van der Waals surface area contributed by atoms with Crippen molar-refractivity contribution in [2.45, 2.75) is 52.3 Å². The van der Waals surface area contributed by atoms with E-state index in [9.17, 15) is 4.21 Å². The van der Waals surface area contributed by atoms with Crippen molar-refractivity contribution in [3.05, 3.63) is 23.8 Å². The Bertz CT molecular complexity index is 648. The molecule has 1 aromatic rings. The average molecular weight is 525 g/mol. The van der Waals surface area contributed by atoms with Gasteiger partial charge in [0, 0.05) is 34.9 Å². The maximum Gasteiger partial charge on any atom is 0.191 e. The highest BCUT2D eigenvalue weighted by Gasteiger charge is 2.19. The summed E-state index contributed by atoms with van der Waals surface area (Å²) < 4.78 is 23.3. The molecule has 2 N–H and O–H groups in total. The average Bonchev–Trinajstić information content (AvgIpc) is 2.61. The fourth-order valence-electron chi connectivity index (χ4n) is 2.39. The second-order valence-corrected chi connectivity index (χ2v) is 9.42. The van der Waals surface area contributed by atoms with Crippen molar-refractivity contribution >= 4 is 40.7 Å². The number of hydrogen-bond acceptors (Lipinski definition) is 4. The van der Waals surface area contributed by atoms with E-state index in [1.54, 1.807) is 7.05 Å². The molecule has 162 valence electrons. The van der Waals surface area contributed by atoms with E-state index < -0.39 is 10.8 Å². The van der Waals surface area contributed by atoms with Gasteiger partial charge in [-0.1, -0.05) is 6.07 Å². The van der Waals surface area contributed by atoms with E-state index in [0.29, 0.717) is 31.5 Å². The van der Waals surface area contributed by atoms with Gasteiger partial charge in [0.2, 0.25) is 0 Å². The molecule has 2 atom stereocenters. The van der Waals surface area contributed by atoms with Crippen LogP contribution in [0.15, 0.2) is 23.2 Å². The summed E-state index contributed by atoms with van der Waals surface area (Å²) in [6.45, 7) is 13.7. The minimum Gasteiger partial charge on any atom is -0.490 e. The smallest absolute Gasteiger partial charge is 0.191 e. The first-order valence-electron chi connectivity index (χ1n) is 9.48. The summed E-state index contributed by atoms with van der Waals surface area (Å²) in [7, 11) is 0.838. The lowest BCUT2D eigenvalue weighted by Crippen LogP contribution is -2.41. The molecule has 0 aromatic heterocycles. The predicted octanol–water partition coefficient (Wildman–Crippen LogP) is 3.88. The standard InChI is InChI=1S/C20H35N3O3S.HI/c1-8-25-17-11-10-16(14-18(17)26-9-2)15(3)23-19(21-7)22-12-13-27(24)20(4,5)6;/h10-11,14-15H,8-9,12-13H2,1-7H3,(H2,21,22,23);1H. The van der Waals surface area contributed by atoms with Crippen LogP contribution in [0, 0.1) is 0 Å². The van der Waals surface area contributed by atoms with Crippen LogP contribution < -0.4 is 20.1 Å². The zero-order chi connectivity index (χ0) is 20.4. The highest BCUT2D eigenvalue weighted by atomic mass is 127. The van der Waals surface area contributed by atoms with E-state index >= 15 is 0 Å². The molecule has 0 bridgehead atoms. The van der Waals surface area contributed by atoms with Gasteiger partial charge in [0.05, 0.1) is 19.3 Å². The summed E-state index contributed by atoms with van der Waals surface area (Å²) in [5, 5.41) is 6.59. The molecule has 8 heteroatoms. The number of nitrogens with one attached hydrogen (secondary N) is 2. The molecule has 0 fully saturated rings. The number of aliphatic imine (C=N–C) groups is 1. The highest BCUT2D eigenvalue weighted by Crippen LogP contribution is 2.30. The molecule has 0 radical (unpaired) electrons. The van der Waals surface area contributed by atoms with Crippen LogP contribution in [-0.2, 0) is 10.8 Å². The van der Waals surface area contributed by atoms with Gasteiger partial charge >= 0.3 is 0 Å². The molecule has 2 unspecified atom stereocenters. The van der Waals surface area contributed by atoms with Crippen molar-refractivity contribution < 1.29 is 13.7 Å². The molecule has 0 spiro atoms. The molecule has 0 heterocycles. The fourth-order valence-corrected chi connectivity index (χ4v) is 3.29. The van der Waals surface area contributed by atoms with Crippen LogP contribution in [0.3, 0.4) is 0 Å². The highest BCUT2D eigenvalue weighted by molar-refractivity contribution is 14.0. The lowest BCUT2D eigenvalue weighted by atomic mass is 10.1. The summed E-state index contributed by atoms with van der Waals surface area (Å²) in [5.74, 6) is 2.76. The third kappa shape index (κ3) is 8.98. The minimum atomic E-state index is -0.890. The summed E-state index contributed by atoms with van der Waals surface area (Å²) in [5.41, 5.74) is 1.07. The van der Waals surface area contributed by atoms with Crippen LogP contribution in [0.2, 0.25) is 0 Å². The van der Waals surface area contributed by atoms with Crippen LogP contribution in [0.25, 0.3) is 0 Å². The van der Waals surface area contributed by atoms with Gasteiger partial charge < -0.3 is 20.1 Å². The maximum atomic E-state index is 12.1. The lowest BCUT2D eigenvalue weighted by molar-refractivity contribution is 0.287. The summed E-state index contributed by atoms with van der Waals surface area (Å²) in [6, 6.07) is 5.98.